The number of phenolic OH excluding ortho intramolecular Hbond substituents is 2. The standard InChI is InChI=1S/C26H18N2O2S/c29-23-14-13-19(15-21(23)26-28-22-11-4-5-12-24(22)31-26)27-16-18-9-6-10-20(25(18)30)17-7-2-1-3-8-17/h1-16,29-30H. The number of para-hydroxylation sites is 2. The second kappa shape index (κ2) is 8.05. The van der Waals surface area contributed by atoms with Crippen LogP contribution in [0, 0.1) is 0 Å². The first-order valence-electron chi connectivity index (χ1n) is 9.79. The van der Waals surface area contributed by atoms with Gasteiger partial charge in [0.15, 0.2) is 0 Å². The van der Waals surface area contributed by atoms with E-state index in [1.807, 2.05) is 78.9 Å². The van der Waals surface area contributed by atoms with Crippen molar-refractivity contribution < 1.29 is 10.2 Å². The van der Waals surface area contributed by atoms with Crippen LogP contribution in [0.1, 0.15) is 5.56 Å². The van der Waals surface area contributed by atoms with Crippen molar-refractivity contribution >= 4 is 33.5 Å². The van der Waals surface area contributed by atoms with E-state index in [2.05, 4.69) is 9.98 Å². The van der Waals surface area contributed by atoms with Gasteiger partial charge in [-0.25, -0.2) is 4.98 Å². The van der Waals surface area contributed by atoms with Gasteiger partial charge in [-0.15, -0.1) is 11.3 Å². The molecule has 0 aliphatic carbocycles. The molecule has 0 aliphatic rings. The van der Waals surface area contributed by atoms with Gasteiger partial charge in [0.25, 0.3) is 0 Å². The van der Waals surface area contributed by atoms with Crippen molar-refractivity contribution in [3.05, 3.63) is 96.6 Å². The van der Waals surface area contributed by atoms with E-state index in [1.165, 1.54) is 11.3 Å². The molecule has 0 bridgehead atoms. The van der Waals surface area contributed by atoms with Crippen molar-refractivity contribution in [3.8, 4) is 33.2 Å². The van der Waals surface area contributed by atoms with Crippen LogP contribution < -0.4 is 0 Å². The minimum atomic E-state index is 0.159. The van der Waals surface area contributed by atoms with Crippen molar-refractivity contribution in [2.45, 2.75) is 0 Å². The van der Waals surface area contributed by atoms with Crippen LogP contribution in [-0.4, -0.2) is 21.4 Å². The molecule has 4 nitrogen and oxygen atoms in total. The highest BCUT2D eigenvalue weighted by Gasteiger charge is 2.11. The Morgan fingerprint density at radius 2 is 1.58 bits per heavy atom. The molecule has 1 heterocycles. The number of benzene rings is 4. The first-order valence-corrected chi connectivity index (χ1v) is 10.6. The van der Waals surface area contributed by atoms with Crippen molar-refractivity contribution in [1.29, 1.82) is 0 Å². The van der Waals surface area contributed by atoms with Crippen LogP contribution in [0.25, 0.3) is 31.9 Å². The molecule has 0 atom stereocenters. The normalized spacial score (nSPS) is 11.4. The minimum absolute atomic E-state index is 0.159. The van der Waals surface area contributed by atoms with Gasteiger partial charge in [0.05, 0.1) is 21.5 Å². The number of fused-ring (bicyclic) bond motifs is 1. The fourth-order valence-electron chi connectivity index (χ4n) is 3.42. The maximum absolute atomic E-state index is 10.7. The van der Waals surface area contributed by atoms with Crippen LogP contribution in [0.15, 0.2) is 96.0 Å². The molecule has 2 N–H and O–H groups in total. The van der Waals surface area contributed by atoms with Crippen molar-refractivity contribution in [2.75, 3.05) is 0 Å². The van der Waals surface area contributed by atoms with Gasteiger partial charge in [0.2, 0.25) is 0 Å². The molecule has 4 aromatic carbocycles. The summed E-state index contributed by atoms with van der Waals surface area (Å²) in [6.45, 7) is 0. The highest BCUT2D eigenvalue weighted by atomic mass is 32.1. The number of hydrogen-bond acceptors (Lipinski definition) is 5. The first kappa shape index (κ1) is 19.0. The molecule has 0 saturated heterocycles. The summed E-state index contributed by atoms with van der Waals surface area (Å²) in [4.78, 5) is 9.16. The second-order valence-electron chi connectivity index (χ2n) is 7.06. The lowest BCUT2D eigenvalue weighted by atomic mass is 10.0. The van der Waals surface area contributed by atoms with Gasteiger partial charge < -0.3 is 10.2 Å². The summed E-state index contributed by atoms with van der Waals surface area (Å²) in [7, 11) is 0. The molecular formula is C26H18N2O2S. The van der Waals surface area contributed by atoms with Gasteiger partial charge in [-0.2, -0.15) is 0 Å². The van der Waals surface area contributed by atoms with Gasteiger partial charge in [-0.05, 0) is 42.0 Å². The van der Waals surface area contributed by atoms with Crippen molar-refractivity contribution in [2.24, 2.45) is 4.99 Å². The molecule has 150 valence electrons. The molecule has 1 aromatic heterocycles. The summed E-state index contributed by atoms with van der Waals surface area (Å²) < 4.78 is 1.06. The Hall–Kier alpha value is -3.96. The van der Waals surface area contributed by atoms with Crippen LogP contribution in [0.2, 0.25) is 0 Å². The molecule has 0 spiro atoms. The zero-order valence-electron chi connectivity index (χ0n) is 16.4. The van der Waals surface area contributed by atoms with E-state index in [0.717, 1.165) is 26.4 Å². The number of aliphatic imine (C=N–C) groups is 1. The first-order chi connectivity index (χ1) is 15.2. The second-order valence-corrected chi connectivity index (χ2v) is 8.09. The molecule has 0 aliphatic heterocycles. The largest absolute Gasteiger partial charge is 0.507 e. The number of phenols is 2. The average Bonchev–Trinajstić information content (AvgIpc) is 3.24. The van der Waals surface area contributed by atoms with E-state index in [-0.39, 0.29) is 11.5 Å². The fourth-order valence-corrected chi connectivity index (χ4v) is 4.41. The number of thiazole rings is 1. The highest BCUT2D eigenvalue weighted by Crippen LogP contribution is 2.37. The summed E-state index contributed by atoms with van der Waals surface area (Å²) in [6, 6.07) is 28.4. The molecular weight excluding hydrogens is 404 g/mol. The molecule has 5 rings (SSSR count). The smallest absolute Gasteiger partial charge is 0.132 e. The zero-order valence-corrected chi connectivity index (χ0v) is 17.3. The van der Waals surface area contributed by atoms with Crippen molar-refractivity contribution in [1.82, 2.24) is 4.98 Å². The number of rotatable bonds is 4. The topological polar surface area (TPSA) is 65.7 Å². The van der Waals surface area contributed by atoms with Crippen LogP contribution in [0.5, 0.6) is 11.5 Å². The van der Waals surface area contributed by atoms with Gasteiger partial charge in [-0.1, -0.05) is 54.6 Å². The van der Waals surface area contributed by atoms with Gasteiger partial charge in [0.1, 0.15) is 16.5 Å². The quantitative estimate of drug-likeness (QED) is 0.313. The zero-order chi connectivity index (χ0) is 21.2. The molecule has 0 amide bonds. The molecule has 0 radical (unpaired) electrons. The maximum Gasteiger partial charge on any atom is 0.132 e. The lowest BCUT2D eigenvalue weighted by molar-refractivity contribution is 0.476. The van der Waals surface area contributed by atoms with E-state index in [4.69, 9.17) is 0 Å². The third-order valence-electron chi connectivity index (χ3n) is 5.01. The van der Waals surface area contributed by atoms with Gasteiger partial charge >= 0.3 is 0 Å². The van der Waals surface area contributed by atoms with E-state index >= 15 is 0 Å². The number of aromatic hydroxyl groups is 2. The number of hydrogen-bond donors (Lipinski definition) is 2. The molecule has 0 unspecified atom stereocenters. The highest BCUT2D eigenvalue weighted by molar-refractivity contribution is 7.21. The predicted octanol–water partition coefficient (Wildman–Crippen LogP) is 6.79. The average molecular weight is 423 g/mol. The molecule has 31 heavy (non-hydrogen) atoms. The van der Waals surface area contributed by atoms with Gasteiger partial charge in [0, 0.05) is 17.3 Å². The van der Waals surface area contributed by atoms with E-state index in [1.54, 1.807) is 18.3 Å². The minimum Gasteiger partial charge on any atom is -0.507 e. The number of nitrogens with zero attached hydrogens (tertiary/aromatic N) is 2. The fraction of sp³-hybridized carbons (Fsp3) is 0. The summed E-state index contributed by atoms with van der Waals surface area (Å²) in [5.74, 6) is 0.342. The Bertz CT molecular complexity index is 1370. The summed E-state index contributed by atoms with van der Waals surface area (Å²) in [6.07, 6.45) is 1.64. The van der Waals surface area contributed by atoms with E-state index < -0.39 is 0 Å². The third-order valence-corrected chi connectivity index (χ3v) is 6.08. The van der Waals surface area contributed by atoms with Crippen LogP contribution >= 0.6 is 11.3 Å². The third kappa shape index (κ3) is 3.79. The summed E-state index contributed by atoms with van der Waals surface area (Å²) in [5.41, 5.74) is 4.52. The molecule has 0 saturated carbocycles. The Morgan fingerprint density at radius 3 is 2.42 bits per heavy atom. The van der Waals surface area contributed by atoms with Crippen LogP contribution in [-0.2, 0) is 0 Å². The molecule has 5 heteroatoms. The summed E-state index contributed by atoms with van der Waals surface area (Å²) in [5, 5.41) is 21.9. The molecule has 5 aromatic rings. The van der Waals surface area contributed by atoms with E-state index in [0.29, 0.717) is 16.8 Å². The van der Waals surface area contributed by atoms with Crippen LogP contribution in [0.4, 0.5) is 5.69 Å². The Labute approximate surface area is 183 Å². The Balaban J connectivity index is 1.49. The van der Waals surface area contributed by atoms with Crippen molar-refractivity contribution in [3.63, 3.8) is 0 Å². The van der Waals surface area contributed by atoms with Gasteiger partial charge in [-0.3, -0.25) is 4.99 Å². The maximum atomic E-state index is 10.7. The summed E-state index contributed by atoms with van der Waals surface area (Å²) >= 11 is 1.53. The molecule has 0 fully saturated rings. The van der Waals surface area contributed by atoms with E-state index in [9.17, 15) is 10.2 Å². The lowest BCUT2D eigenvalue weighted by Crippen LogP contribution is -1.86. The predicted molar refractivity (Wildman–Crippen MR) is 128 cm³/mol. The monoisotopic (exact) mass is 422 g/mol. The number of aromatic nitrogens is 1. The SMILES string of the molecule is Oc1ccc(N=Cc2cccc(-c3ccccc3)c2O)cc1-c1nc2ccccc2s1. The lowest BCUT2D eigenvalue weighted by Gasteiger charge is -2.07. The van der Waals surface area contributed by atoms with Crippen LogP contribution in [0.3, 0.4) is 0 Å². The Morgan fingerprint density at radius 1 is 0.774 bits per heavy atom. The Kier molecular flexibility index (Phi) is 4.94.